The molecule has 1 aliphatic rings. The summed E-state index contributed by atoms with van der Waals surface area (Å²) < 4.78 is 26.9. The summed E-state index contributed by atoms with van der Waals surface area (Å²) >= 11 is 0. The number of likely N-dealkylation sites (tertiary alicyclic amines) is 1. The lowest BCUT2D eigenvalue weighted by Gasteiger charge is -2.18. The van der Waals surface area contributed by atoms with Crippen LogP contribution in [-0.4, -0.2) is 41.6 Å². The molecule has 0 bridgehead atoms. The van der Waals surface area contributed by atoms with Gasteiger partial charge in [0.1, 0.15) is 11.6 Å². The van der Waals surface area contributed by atoms with Gasteiger partial charge in [0.15, 0.2) is 0 Å². The number of nitrogens with zero attached hydrogens (tertiary/aromatic N) is 1. The second-order valence-corrected chi connectivity index (χ2v) is 6.30. The third kappa shape index (κ3) is 4.49. The molecule has 1 atom stereocenters. The molecule has 0 aromatic heterocycles. The van der Waals surface area contributed by atoms with Gasteiger partial charge in [-0.15, -0.1) is 0 Å². The predicted octanol–water partition coefficient (Wildman–Crippen LogP) is 2.58. The number of anilines is 2. The molecule has 3 rings (SSSR count). The summed E-state index contributed by atoms with van der Waals surface area (Å²) in [5.74, 6) is -1.07. The van der Waals surface area contributed by atoms with Gasteiger partial charge in [-0.3, -0.25) is 4.79 Å². The number of halogens is 2. The zero-order valence-electron chi connectivity index (χ0n) is 14.2. The Balaban J connectivity index is 1.49. The maximum absolute atomic E-state index is 13.7. The number of carbonyl (C=O) groups is 1. The molecule has 1 unspecified atom stereocenters. The number of carbonyl (C=O) groups excluding carboxylic acids is 1. The minimum atomic E-state index is -0.510. The topological polar surface area (TPSA) is 64.6 Å². The molecule has 138 valence electrons. The molecule has 0 spiro atoms. The minimum absolute atomic E-state index is 0.0206. The van der Waals surface area contributed by atoms with Crippen molar-refractivity contribution in [3.05, 3.63) is 59.7 Å². The normalized spacial score (nSPS) is 16.6. The molecule has 7 heteroatoms. The van der Waals surface area contributed by atoms with Gasteiger partial charge < -0.3 is 20.6 Å². The first-order chi connectivity index (χ1) is 12.5. The van der Waals surface area contributed by atoms with Crippen molar-refractivity contribution >= 4 is 17.3 Å². The van der Waals surface area contributed by atoms with Gasteiger partial charge in [-0.25, -0.2) is 8.78 Å². The second-order valence-electron chi connectivity index (χ2n) is 6.30. The summed E-state index contributed by atoms with van der Waals surface area (Å²) in [4.78, 5) is 14.0. The second kappa shape index (κ2) is 8.14. The zero-order chi connectivity index (χ0) is 18.5. The Kier molecular flexibility index (Phi) is 5.68. The standard InChI is InChI=1S/C19H21F2N3O2/c20-14-3-6-17(21)18(9-14)23-16-7-8-24(11-16)19(26)10-22-15-4-1-13(12-25)2-5-15/h1-6,9,16,22-23,25H,7-8,10-12H2. The fourth-order valence-corrected chi connectivity index (χ4v) is 2.95. The molecule has 2 aromatic carbocycles. The highest BCUT2D eigenvalue weighted by molar-refractivity contribution is 5.81. The minimum Gasteiger partial charge on any atom is -0.392 e. The highest BCUT2D eigenvalue weighted by Gasteiger charge is 2.26. The summed E-state index contributed by atoms with van der Waals surface area (Å²) in [7, 11) is 0. The van der Waals surface area contributed by atoms with Crippen LogP contribution in [0.4, 0.5) is 20.2 Å². The molecule has 2 aromatic rings. The first-order valence-electron chi connectivity index (χ1n) is 8.48. The Bertz CT molecular complexity index is 768. The van der Waals surface area contributed by atoms with Gasteiger partial charge in [-0.05, 0) is 42.3 Å². The summed E-state index contributed by atoms with van der Waals surface area (Å²) in [5.41, 5.74) is 1.72. The molecular weight excluding hydrogens is 340 g/mol. The molecule has 1 heterocycles. The summed E-state index contributed by atoms with van der Waals surface area (Å²) in [5, 5.41) is 15.0. The Labute approximate surface area is 150 Å². The largest absolute Gasteiger partial charge is 0.392 e. The van der Waals surface area contributed by atoms with E-state index in [-0.39, 0.29) is 30.8 Å². The van der Waals surface area contributed by atoms with Crippen LogP contribution in [0, 0.1) is 11.6 Å². The molecule has 0 aliphatic carbocycles. The number of amides is 1. The molecule has 1 saturated heterocycles. The van der Waals surface area contributed by atoms with E-state index in [2.05, 4.69) is 10.6 Å². The van der Waals surface area contributed by atoms with Crippen molar-refractivity contribution in [1.29, 1.82) is 0 Å². The van der Waals surface area contributed by atoms with Crippen LogP contribution in [0.15, 0.2) is 42.5 Å². The van der Waals surface area contributed by atoms with E-state index in [0.29, 0.717) is 19.5 Å². The Morgan fingerprint density at radius 3 is 2.69 bits per heavy atom. The smallest absolute Gasteiger partial charge is 0.241 e. The Morgan fingerprint density at radius 1 is 1.19 bits per heavy atom. The predicted molar refractivity (Wildman–Crippen MR) is 95.8 cm³/mol. The summed E-state index contributed by atoms with van der Waals surface area (Å²) in [6, 6.07) is 10.4. The van der Waals surface area contributed by atoms with Crippen molar-refractivity contribution in [3.8, 4) is 0 Å². The summed E-state index contributed by atoms with van der Waals surface area (Å²) in [6.07, 6.45) is 0.674. The quantitative estimate of drug-likeness (QED) is 0.740. The van der Waals surface area contributed by atoms with Crippen molar-refractivity contribution in [2.24, 2.45) is 0 Å². The number of hydrogen-bond donors (Lipinski definition) is 3. The first kappa shape index (κ1) is 18.1. The molecule has 26 heavy (non-hydrogen) atoms. The van der Waals surface area contributed by atoms with Crippen LogP contribution in [0.25, 0.3) is 0 Å². The molecule has 0 radical (unpaired) electrons. The van der Waals surface area contributed by atoms with Gasteiger partial charge in [0, 0.05) is 24.8 Å². The van der Waals surface area contributed by atoms with Gasteiger partial charge in [-0.2, -0.15) is 0 Å². The van der Waals surface area contributed by atoms with Gasteiger partial charge in [0.25, 0.3) is 0 Å². The third-order valence-electron chi connectivity index (χ3n) is 4.41. The van der Waals surface area contributed by atoms with Crippen LogP contribution in [0.5, 0.6) is 0 Å². The van der Waals surface area contributed by atoms with Crippen LogP contribution < -0.4 is 10.6 Å². The van der Waals surface area contributed by atoms with Crippen LogP contribution in [0.1, 0.15) is 12.0 Å². The number of benzene rings is 2. The number of nitrogens with one attached hydrogen (secondary N) is 2. The van der Waals surface area contributed by atoms with E-state index in [0.717, 1.165) is 29.4 Å². The molecule has 1 amide bonds. The van der Waals surface area contributed by atoms with Gasteiger partial charge in [0.2, 0.25) is 5.91 Å². The lowest BCUT2D eigenvalue weighted by Crippen LogP contribution is -2.35. The average Bonchev–Trinajstić information content (AvgIpc) is 3.12. The Morgan fingerprint density at radius 2 is 1.96 bits per heavy atom. The zero-order valence-corrected chi connectivity index (χ0v) is 14.2. The van der Waals surface area contributed by atoms with Crippen LogP contribution in [0.2, 0.25) is 0 Å². The molecule has 0 saturated carbocycles. The SMILES string of the molecule is O=C(CNc1ccc(CO)cc1)N1CCC(Nc2cc(F)ccc2F)C1. The number of rotatable bonds is 6. The number of hydrogen-bond acceptors (Lipinski definition) is 4. The molecule has 3 N–H and O–H groups in total. The van der Waals surface area contributed by atoms with Crippen LogP contribution in [0.3, 0.4) is 0 Å². The lowest BCUT2D eigenvalue weighted by molar-refractivity contribution is -0.128. The van der Waals surface area contributed by atoms with E-state index < -0.39 is 11.6 Å². The van der Waals surface area contributed by atoms with Crippen LogP contribution >= 0.6 is 0 Å². The summed E-state index contributed by atoms with van der Waals surface area (Å²) in [6.45, 7) is 1.14. The number of aliphatic hydroxyl groups excluding tert-OH is 1. The Hall–Kier alpha value is -2.67. The molecule has 1 fully saturated rings. The lowest BCUT2D eigenvalue weighted by atomic mass is 10.2. The highest BCUT2D eigenvalue weighted by Crippen LogP contribution is 2.20. The highest BCUT2D eigenvalue weighted by atomic mass is 19.1. The van der Waals surface area contributed by atoms with Crippen LogP contribution in [-0.2, 0) is 11.4 Å². The van der Waals surface area contributed by atoms with Crippen molar-refractivity contribution in [2.45, 2.75) is 19.1 Å². The van der Waals surface area contributed by atoms with Gasteiger partial charge in [0.05, 0.1) is 18.8 Å². The van der Waals surface area contributed by atoms with E-state index in [1.807, 2.05) is 0 Å². The van der Waals surface area contributed by atoms with Crippen molar-refractivity contribution in [2.75, 3.05) is 30.3 Å². The van der Waals surface area contributed by atoms with E-state index in [1.165, 1.54) is 0 Å². The first-order valence-corrected chi connectivity index (χ1v) is 8.48. The van der Waals surface area contributed by atoms with E-state index >= 15 is 0 Å². The van der Waals surface area contributed by atoms with Crippen molar-refractivity contribution in [3.63, 3.8) is 0 Å². The van der Waals surface area contributed by atoms with E-state index in [4.69, 9.17) is 5.11 Å². The average molecular weight is 361 g/mol. The molecular formula is C19H21F2N3O2. The van der Waals surface area contributed by atoms with Crippen molar-refractivity contribution < 1.29 is 18.7 Å². The maximum Gasteiger partial charge on any atom is 0.241 e. The fraction of sp³-hybridized carbons (Fsp3) is 0.316. The molecule has 1 aliphatic heterocycles. The maximum atomic E-state index is 13.7. The third-order valence-corrected chi connectivity index (χ3v) is 4.41. The van der Waals surface area contributed by atoms with E-state index in [9.17, 15) is 13.6 Å². The molecule has 5 nitrogen and oxygen atoms in total. The van der Waals surface area contributed by atoms with Crippen molar-refractivity contribution in [1.82, 2.24) is 4.90 Å². The fourth-order valence-electron chi connectivity index (χ4n) is 2.95. The van der Waals surface area contributed by atoms with E-state index in [1.54, 1.807) is 29.2 Å². The monoisotopic (exact) mass is 361 g/mol. The van der Waals surface area contributed by atoms with Gasteiger partial charge >= 0.3 is 0 Å². The van der Waals surface area contributed by atoms with Gasteiger partial charge in [-0.1, -0.05) is 12.1 Å². The number of aliphatic hydroxyl groups is 1.